The number of thioether (sulfide) groups is 1. The zero-order chi connectivity index (χ0) is 20.1. The lowest BCUT2D eigenvalue weighted by atomic mass is 10.0. The molecular formula is C24H21FN2OS. The van der Waals surface area contributed by atoms with Gasteiger partial charge in [0.1, 0.15) is 5.82 Å². The van der Waals surface area contributed by atoms with Gasteiger partial charge in [-0.25, -0.2) is 4.39 Å². The molecular weight excluding hydrogens is 383 g/mol. The Labute approximate surface area is 173 Å². The number of benzene rings is 2. The van der Waals surface area contributed by atoms with Gasteiger partial charge in [0.15, 0.2) is 0 Å². The van der Waals surface area contributed by atoms with Gasteiger partial charge in [-0.05, 0) is 77.7 Å². The number of aliphatic hydroxyl groups is 1. The van der Waals surface area contributed by atoms with Crippen molar-refractivity contribution in [3.8, 4) is 33.6 Å². The van der Waals surface area contributed by atoms with Crippen LogP contribution in [0, 0.1) is 5.82 Å². The summed E-state index contributed by atoms with van der Waals surface area (Å²) in [5, 5.41) is 8.93. The predicted molar refractivity (Wildman–Crippen MR) is 117 cm³/mol. The van der Waals surface area contributed by atoms with E-state index in [-0.39, 0.29) is 12.4 Å². The summed E-state index contributed by atoms with van der Waals surface area (Å²) in [6.45, 7) is 0.220. The minimum atomic E-state index is -0.250. The third-order valence-corrected chi connectivity index (χ3v) is 5.78. The van der Waals surface area contributed by atoms with Crippen LogP contribution in [0.3, 0.4) is 0 Å². The third kappa shape index (κ3) is 4.58. The van der Waals surface area contributed by atoms with Gasteiger partial charge < -0.3 is 10.1 Å². The zero-order valence-corrected chi connectivity index (χ0v) is 16.6. The lowest BCUT2D eigenvalue weighted by Crippen LogP contribution is -1.85. The van der Waals surface area contributed by atoms with Crippen molar-refractivity contribution in [1.82, 2.24) is 9.97 Å². The van der Waals surface area contributed by atoms with E-state index in [0.717, 1.165) is 45.8 Å². The molecule has 4 aromatic rings. The van der Waals surface area contributed by atoms with Crippen LogP contribution in [-0.2, 0) is 0 Å². The molecule has 2 aromatic heterocycles. The fourth-order valence-corrected chi connectivity index (χ4v) is 4.04. The summed E-state index contributed by atoms with van der Waals surface area (Å²) in [4.78, 5) is 8.82. The van der Waals surface area contributed by atoms with E-state index >= 15 is 0 Å². The minimum absolute atomic E-state index is 0.220. The second-order valence-electron chi connectivity index (χ2n) is 6.66. The lowest BCUT2D eigenvalue weighted by molar-refractivity contribution is 0.296. The van der Waals surface area contributed by atoms with Crippen LogP contribution < -0.4 is 0 Å². The van der Waals surface area contributed by atoms with Crippen molar-refractivity contribution in [3.05, 3.63) is 84.9 Å². The first-order valence-electron chi connectivity index (χ1n) is 9.48. The summed E-state index contributed by atoms with van der Waals surface area (Å²) >= 11 is 1.74. The molecule has 0 aliphatic carbocycles. The van der Waals surface area contributed by atoms with Crippen LogP contribution in [0.2, 0.25) is 0 Å². The number of nitrogens with zero attached hydrogens (tertiary/aromatic N) is 1. The molecule has 4 rings (SSSR count). The number of hydrogen-bond acceptors (Lipinski definition) is 3. The SMILES string of the molecule is OCCCSc1ccc(-c2cc(-c3ccncc3)c(-c3ccc(F)cc3)[nH]2)cc1. The second kappa shape index (κ2) is 9.07. The van der Waals surface area contributed by atoms with Gasteiger partial charge in [0.05, 0.1) is 5.69 Å². The van der Waals surface area contributed by atoms with Crippen LogP contribution in [0.15, 0.2) is 84.0 Å². The van der Waals surface area contributed by atoms with Gasteiger partial charge in [0.2, 0.25) is 0 Å². The molecule has 2 aromatic carbocycles. The Hall–Kier alpha value is -2.89. The van der Waals surface area contributed by atoms with Crippen LogP contribution in [0.5, 0.6) is 0 Å². The quantitative estimate of drug-likeness (QED) is 0.292. The molecule has 2 heterocycles. The normalized spacial score (nSPS) is 11.0. The monoisotopic (exact) mass is 404 g/mol. The first-order valence-corrected chi connectivity index (χ1v) is 10.5. The fourth-order valence-electron chi connectivity index (χ4n) is 3.20. The van der Waals surface area contributed by atoms with Gasteiger partial charge in [0, 0.05) is 40.9 Å². The van der Waals surface area contributed by atoms with Crippen LogP contribution in [0.4, 0.5) is 4.39 Å². The molecule has 29 heavy (non-hydrogen) atoms. The van der Waals surface area contributed by atoms with Gasteiger partial charge >= 0.3 is 0 Å². The molecule has 0 radical (unpaired) electrons. The Morgan fingerprint density at radius 2 is 1.55 bits per heavy atom. The van der Waals surface area contributed by atoms with Crippen molar-refractivity contribution in [3.63, 3.8) is 0 Å². The predicted octanol–water partition coefficient (Wildman–Crippen LogP) is 6.02. The smallest absolute Gasteiger partial charge is 0.123 e. The maximum absolute atomic E-state index is 13.4. The standard InChI is InChI=1S/C24H21FN2OS/c25-20-6-2-19(3-7-20)24-22(17-10-12-26-13-11-17)16-23(27-24)18-4-8-21(9-5-18)29-15-1-14-28/h2-13,16,27-28H,1,14-15H2. The van der Waals surface area contributed by atoms with Crippen molar-refractivity contribution in [1.29, 1.82) is 0 Å². The van der Waals surface area contributed by atoms with Crippen molar-refractivity contribution >= 4 is 11.8 Å². The van der Waals surface area contributed by atoms with E-state index in [2.05, 4.69) is 40.3 Å². The summed E-state index contributed by atoms with van der Waals surface area (Å²) in [5.41, 5.74) is 6.07. The molecule has 0 saturated carbocycles. The number of nitrogens with one attached hydrogen (secondary N) is 1. The highest BCUT2D eigenvalue weighted by Gasteiger charge is 2.13. The first-order chi connectivity index (χ1) is 14.2. The molecule has 146 valence electrons. The topological polar surface area (TPSA) is 48.9 Å². The number of aliphatic hydroxyl groups excluding tert-OH is 1. The average Bonchev–Trinajstić information content (AvgIpc) is 3.21. The van der Waals surface area contributed by atoms with Crippen molar-refractivity contribution in [2.75, 3.05) is 12.4 Å². The Morgan fingerprint density at radius 3 is 2.24 bits per heavy atom. The Bertz CT molecular complexity index is 1060. The van der Waals surface area contributed by atoms with Crippen LogP contribution in [0.1, 0.15) is 6.42 Å². The van der Waals surface area contributed by atoms with Gasteiger partial charge in [-0.15, -0.1) is 11.8 Å². The largest absolute Gasteiger partial charge is 0.396 e. The number of aromatic nitrogens is 2. The number of pyridine rings is 1. The van der Waals surface area contributed by atoms with Crippen LogP contribution in [-0.4, -0.2) is 27.4 Å². The van der Waals surface area contributed by atoms with Gasteiger partial charge in [0.25, 0.3) is 0 Å². The molecule has 5 heteroatoms. The minimum Gasteiger partial charge on any atom is -0.396 e. The summed E-state index contributed by atoms with van der Waals surface area (Å²) in [6, 6.07) is 21.0. The van der Waals surface area contributed by atoms with Crippen LogP contribution in [0.25, 0.3) is 33.6 Å². The van der Waals surface area contributed by atoms with Gasteiger partial charge in [-0.1, -0.05) is 12.1 Å². The Kier molecular flexibility index (Phi) is 6.08. The highest BCUT2D eigenvalue weighted by Crippen LogP contribution is 2.36. The number of H-pyrrole nitrogens is 1. The molecule has 0 atom stereocenters. The van der Waals surface area contributed by atoms with E-state index in [1.807, 2.05) is 12.1 Å². The molecule has 0 aliphatic heterocycles. The highest BCUT2D eigenvalue weighted by atomic mass is 32.2. The van der Waals surface area contributed by atoms with Gasteiger partial charge in [-0.2, -0.15) is 0 Å². The summed E-state index contributed by atoms with van der Waals surface area (Å²) in [5.74, 6) is 0.652. The third-order valence-electron chi connectivity index (χ3n) is 4.68. The molecule has 3 nitrogen and oxygen atoms in total. The number of aromatic amines is 1. The molecule has 0 spiro atoms. The van der Waals surface area contributed by atoms with E-state index in [1.165, 1.54) is 17.0 Å². The van der Waals surface area contributed by atoms with Crippen LogP contribution >= 0.6 is 11.8 Å². The summed E-state index contributed by atoms with van der Waals surface area (Å²) in [6.07, 6.45) is 4.34. The maximum Gasteiger partial charge on any atom is 0.123 e. The number of rotatable bonds is 7. The average molecular weight is 405 g/mol. The molecule has 0 unspecified atom stereocenters. The van der Waals surface area contributed by atoms with E-state index in [0.29, 0.717) is 0 Å². The fraction of sp³-hybridized carbons (Fsp3) is 0.125. The zero-order valence-electron chi connectivity index (χ0n) is 15.8. The molecule has 0 aliphatic rings. The highest BCUT2D eigenvalue weighted by molar-refractivity contribution is 7.99. The Morgan fingerprint density at radius 1 is 0.862 bits per heavy atom. The lowest BCUT2D eigenvalue weighted by Gasteiger charge is -2.04. The number of hydrogen-bond donors (Lipinski definition) is 2. The van der Waals surface area contributed by atoms with Crippen molar-refractivity contribution in [2.24, 2.45) is 0 Å². The first kappa shape index (κ1) is 19.4. The molecule has 0 amide bonds. The summed E-state index contributed by atoms with van der Waals surface area (Å²) in [7, 11) is 0. The van der Waals surface area contributed by atoms with E-state index in [9.17, 15) is 4.39 Å². The number of halogens is 1. The molecule has 0 fully saturated rings. The van der Waals surface area contributed by atoms with E-state index < -0.39 is 0 Å². The Balaban J connectivity index is 1.70. The second-order valence-corrected chi connectivity index (χ2v) is 7.83. The van der Waals surface area contributed by atoms with E-state index in [4.69, 9.17) is 5.11 Å². The van der Waals surface area contributed by atoms with Crippen molar-refractivity contribution in [2.45, 2.75) is 11.3 Å². The maximum atomic E-state index is 13.4. The summed E-state index contributed by atoms with van der Waals surface area (Å²) < 4.78 is 13.4. The molecule has 0 saturated heterocycles. The molecule has 0 bridgehead atoms. The van der Waals surface area contributed by atoms with E-state index in [1.54, 1.807) is 36.3 Å². The van der Waals surface area contributed by atoms with Crippen molar-refractivity contribution < 1.29 is 9.50 Å². The molecule has 2 N–H and O–H groups in total. The van der Waals surface area contributed by atoms with Gasteiger partial charge in [-0.3, -0.25) is 4.98 Å².